The van der Waals surface area contributed by atoms with E-state index in [2.05, 4.69) is 0 Å². The van der Waals surface area contributed by atoms with Crippen LogP contribution in [-0.4, -0.2) is 183 Å². The van der Waals surface area contributed by atoms with Gasteiger partial charge in [0.2, 0.25) is 5.69 Å². The highest BCUT2D eigenvalue weighted by Crippen LogP contribution is 2.54. The van der Waals surface area contributed by atoms with E-state index in [-0.39, 0.29) is 112 Å². The summed E-state index contributed by atoms with van der Waals surface area (Å²) < 4.78 is 207. The number of anilines is 1. The molecule has 5 N–H and O–H groups in total. The number of allylic oxidation sites excluding steroid dienone is 6. The monoisotopic (exact) mass is 1310 g/mol. The molecule has 476 valence electrons. The van der Waals surface area contributed by atoms with Crippen molar-refractivity contribution >= 4 is 107 Å². The van der Waals surface area contributed by atoms with Crippen molar-refractivity contribution in [1.29, 1.82) is 0 Å². The zero-order chi connectivity index (χ0) is 64.1. The maximum atomic E-state index is 13.0. The van der Waals surface area contributed by atoms with Gasteiger partial charge in [0.05, 0.1) is 86.8 Å². The molecular formula is C55H68N3O24S5+. The molecule has 2 amide bonds. The van der Waals surface area contributed by atoms with E-state index in [4.69, 9.17) is 28.5 Å². The number of carbonyl (C=O) groups excluding carboxylic acids is 3. The van der Waals surface area contributed by atoms with Gasteiger partial charge in [0, 0.05) is 78.2 Å². The van der Waals surface area contributed by atoms with Crippen molar-refractivity contribution in [3.05, 3.63) is 95.2 Å². The minimum Gasteiger partial charge on any atom is -0.382 e. The number of fused-ring (bicyclic) bond motifs is 6. The average Bonchev–Trinajstić information content (AvgIpc) is 1.63. The van der Waals surface area contributed by atoms with E-state index < -0.39 is 105 Å². The van der Waals surface area contributed by atoms with Crippen molar-refractivity contribution in [2.45, 2.75) is 96.6 Å². The van der Waals surface area contributed by atoms with E-state index in [0.717, 1.165) is 12.1 Å². The van der Waals surface area contributed by atoms with Crippen LogP contribution in [0.2, 0.25) is 0 Å². The molecule has 3 aliphatic rings. The van der Waals surface area contributed by atoms with Crippen LogP contribution in [0, 0.1) is 0 Å². The van der Waals surface area contributed by atoms with Gasteiger partial charge in [-0.2, -0.15) is 46.7 Å². The lowest BCUT2D eigenvalue weighted by Gasteiger charge is -2.31. The predicted octanol–water partition coefficient (Wildman–Crippen LogP) is 5.29. The van der Waals surface area contributed by atoms with Crippen molar-refractivity contribution in [3.63, 3.8) is 0 Å². The summed E-state index contributed by atoms with van der Waals surface area (Å²) in [7, 11) is -23.5. The van der Waals surface area contributed by atoms with Gasteiger partial charge in [-0.1, -0.05) is 23.8 Å². The Morgan fingerprint density at radius 3 is 1.66 bits per heavy atom. The van der Waals surface area contributed by atoms with E-state index in [0.29, 0.717) is 77.5 Å². The van der Waals surface area contributed by atoms with Crippen LogP contribution >= 0.6 is 0 Å². The van der Waals surface area contributed by atoms with Crippen LogP contribution in [-0.2, 0) is 104 Å². The molecule has 1 fully saturated rings. The zero-order valence-corrected chi connectivity index (χ0v) is 52.1. The molecule has 0 bridgehead atoms. The Morgan fingerprint density at radius 2 is 1.15 bits per heavy atom. The maximum Gasteiger partial charge on any atom is 0.333 e. The summed E-state index contributed by atoms with van der Waals surface area (Å²) in [6.45, 7) is 9.35. The van der Waals surface area contributed by atoms with Gasteiger partial charge in [0.1, 0.15) is 16.3 Å². The number of benzene rings is 4. The molecule has 4 aromatic carbocycles. The molecule has 87 heavy (non-hydrogen) atoms. The van der Waals surface area contributed by atoms with Gasteiger partial charge in [0.15, 0.2) is 5.71 Å². The van der Waals surface area contributed by atoms with Gasteiger partial charge >= 0.3 is 5.97 Å². The summed E-state index contributed by atoms with van der Waals surface area (Å²) in [6.07, 6.45) is 5.88. The number of methoxy groups -OCH3 is 1. The number of ether oxygens (including phenoxy) is 5. The molecule has 32 heteroatoms. The number of rotatable bonds is 31. The highest BCUT2D eigenvalue weighted by molar-refractivity contribution is 7.87. The van der Waals surface area contributed by atoms with Crippen LogP contribution in [0.4, 0.5) is 11.4 Å². The molecule has 3 heterocycles. The van der Waals surface area contributed by atoms with Gasteiger partial charge in [-0.15, -0.1) is 5.06 Å². The van der Waals surface area contributed by atoms with E-state index in [1.165, 1.54) is 24.3 Å². The molecule has 1 unspecified atom stereocenters. The smallest absolute Gasteiger partial charge is 0.333 e. The van der Waals surface area contributed by atoms with E-state index >= 15 is 0 Å². The molecule has 3 aliphatic heterocycles. The second-order valence-corrected chi connectivity index (χ2v) is 28.5. The van der Waals surface area contributed by atoms with Crippen LogP contribution < -0.4 is 4.90 Å². The normalized spacial score (nSPS) is 18.1. The Hall–Kier alpha value is -5.95. The average molecular weight is 1320 g/mol. The first-order valence-corrected chi connectivity index (χ1v) is 34.4. The first-order chi connectivity index (χ1) is 40.6. The van der Waals surface area contributed by atoms with Crippen molar-refractivity contribution in [1.82, 2.24) is 5.06 Å². The standard InChI is InChI=1S/C55H67N3O24S5/c1-36(9-15-47-54(2,3)52-41-32-37(84(65,66)67)34-45(86(71,72)73)39(41)11-13-43(52)56(47)20-6-8-51(61)82-58-49(59)17-18-50(58)60)10-16-48-55(4,19-7-31-83(62,63)64)53-42-33-38(85(68,69)70)35-46(87(74,75)76)40(42)12-14-44(53)57(48)21-22-78-25-26-80-29-30-81-28-27-79-24-23-77-5/h9-16,32-35H,6-8,17-31H2,1-5H3,(H4-,62,63,64,65,66,67,68,69,70,71,72,73,74,75,76)/p+1. The Labute approximate surface area is 503 Å². The van der Waals surface area contributed by atoms with Crippen molar-refractivity contribution in [2.24, 2.45) is 0 Å². The molecule has 0 radical (unpaired) electrons. The fourth-order valence-electron chi connectivity index (χ4n) is 10.9. The highest BCUT2D eigenvalue weighted by Gasteiger charge is 2.48. The fraction of sp³-hybridized carbons (Fsp3) is 0.455. The van der Waals surface area contributed by atoms with Crippen molar-refractivity contribution in [3.8, 4) is 0 Å². The van der Waals surface area contributed by atoms with Gasteiger partial charge < -0.3 is 33.4 Å². The largest absolute Gasteiger partial charge is 0.382 e. The number of hydrogen-bond acceptors (Lipinski definition) is 20. The van der Waals surface area contributed by atoms with Crippen molar-refractivity contribution < 1.29 is 112 Å². The first kappa shape index (κ1) is 68.5. The molecule has 0 spiro atoms. The van der Waals surface area contributed by atoms with Crippen LogP contribution in [0.3, 0.4) is 0 Å². The summed E-state index contributed by atoms with van der Waals surface area (Å²) in [4.78, 5) is 41.0. The lowest BCUT2D eigenvalue weighted by Crippen LogP contribution is -2.32. The van der Waals surface area contributed by atoms with Crippen LogP contribution in [0.1, 0.15) is 77.3 Å². The molecule has 0 aromatic heterocycles. The molecule has 1 saturated heterocycles. The van der Waals surface area contributed by atoms with Gasteiger partial charge in [-0.05, 0) is 99.3 Å². The molecule has 4 aromatic rings. The third-order valence-electron chi connectivity index (χ3n) is 14.9. The zero-order valence-electron chi connectivity index (χ0n) is 48.0. The van der Waals surface area contributed by atoms with Crippen LogP contribution in [0.25, 0.3) is 21.5 Å². The summed E-state index contributed by atoms with van der Waals surface area (Å²) in [5.41, 5.74) is 0.177. The fourth-order valence-corrected chi connectivity index (χ4v) is 14.1. The first-order valence-electron chi connectivity index (χ1n) is 27.0. The topological polar surface area (TPSA) is 388 Å². The van der Waals surface area contributed by atoms with Crippen molar-refractivity contribution in [2.75, 3.05) is 90.3 Å². The maximum absolute atomic E-state index is 13.0. The molecule has 27 nitrogen and oxygen atoms in total. The van der Waals surface area contributed by atoms with E-state index in [1.807, 2.05) is 0 Å². The quantitative estimate of drug-likeness (QED) is 0.0140. The van der Waals surface area contributed by atoms with E-state index in [1.54, 1.807) is 68.6 Å². The number of nitrogens with zero attached hydrogens (tertiary/aromatic N) is 3. The van der Waals surface area contributed by atoms with E-state index in [9.17, 15) is 79.2 Å². The Morgan fingerprint density at radius 1 is 0.644 bits per heavy atom. The molecular weight excluding hydrogens is 1250 g/mol. The summed E-state index contributed by atoms with van der Waals surface area (Å²) in [5.74, 6) is -3.00. The molecule has 7 rings (SSSR count). The number of carbonyl (C=O) groups is 3. The SMILES string of the molecule is COCCOCCOCCOCCOCCN1C(=CC=C(C)C=CC2=[N+](CCCC(=O)ON3C(=O)CCC3=O)c3ccc4c(S(=O)(=O)O)cc(S(=O)(=O)O)cc4c3C2(C)C)C(C)(CCCS(=O)(=O)O)c2c1ccc1c(S(=O)(=O)O)cc(S(=O)(=O)O)cc21. The minimum atomic E-state index is -5.18. The molecule has 0 aliphatic carbocycles. The second kappa shape index (κ2) is 27.4. The molecule has 0 saturated carbocycles. The minimum absolute atomic E-state index is 0.0146. The number of imide groups is 1. The van der Waals surface area contributed by atoms with Crippen LogP contribution in [0.5, 0.6) is 0 Å². The predicted molar refractivity (Wildman–Crippen MR) is 313 cm³/mol. The summed E-state index contributed by atoms with van der Waals surface area (Å²) >= 11 is 0. The third-order valence-corrected chi connectivity index (χ3v) is 19.1. The van der Waals surface area contributed by atoms with Gasteiger partial charge in [0.25, 0.3) is 62.4 Å². The Bertz CT molecular complexity index is 4070. The van der Waals surface area contributed by atoms with Crippen LogP contribution in [0.15, 0.2) is 104 Å². The van der Waals surface area contributed by atoms with Gasteiger partial charge in [-0.3, -0.25) is 32.4 Å². The second-order valence-electron chi connectivity index (χ2n) is 21.3. The lowest BCUT2D eigenvalue weighted by atomic mass is 9.75. The summed E-state index contributed by atoms with van der Waals surface area (Å²) in [5, 5.41) is 0.130. The van der Waals surface area contributed by atoms with Gasteiger partial charge in [-0.25, -0.2) is 4.79 Å². The number of hydroxylamine groups is 2. The number of hydrogen-bond donors (Lipinski definition) is 5. The lowest BCUT2D eigenvalue weighted by molar-refractivity contribution is -0.438. The molecule has 1 atom stereocenters. The summed E-state index contributed by atoms with van der Waals surface area (Å²) in [6, 6.07) is 9.07. The Balaban J connectivity index is 1.31. The third kappa shape index (κ3) is 16.3. The highest BCUT2D eigenvalue weighted by atomic mass is 32.2. The number of amides is 2. The Kier molecular flexibility index (Phi) is 21.6.